The van der Waals surface area contributed by atoms with Crippen LogP contribution in [0.1, 0.15) is 29.9 Å². The van der Waals surface area contributed by atoms with Gasteiger partial charge in [-0.1, -0.05) is 6.07 Å². The van der Waals surface area contributed by atoms with Gasteiger partial charge in [0.2, 0.25) is 0 Å². The summed E-state index contributed by atoms with van der Waals surface area (Å²) in [5.74, 6) is 0.882. The predicted molar refractivity (Wildman–Crippen MR) is 107 cm³/mol. The molecule has 0 saturated carbocycles. The standard InChI is InChI=1S/C21H19N5O2/c1-14(2)28-18-8-6-16(7-9-18)25-20-11-19(23-13-24-20)21(27)26-17-5-3-4-15(10-17)12-22/h3-11,13-14H,1-2H3,(H,26,27)(H,23,24,25). The zero-order valence-electron chi connectivity index (χ0n) is 15.5. The highest BCUT2D eigenvalue weighted by Gasteiger charge is 2.10. The molecule has 1 aromatic heterocycles. The topological polar surface area (TPSA) is 99.9 Å². The summed E-state index contributed by atoms with van der Waals surface area (Å²) in [6.07, 6.45) is 1.43. The van der Waals surface area contributed by atoms with Crippen LogP contribution in [0.5, 0.6) is 5.75 Å². The lowest BCUT2D eigenvalue weighted by Crippen LogP contribution is -2.14. The zero-order valence-corrected chi connectivity index (χ0v) is 15.5. The van der Waals surface area contributed by atoms with Gasteiger partial charge in [0.15, 0.2) is 0 Å². The molecule has 3 aromatic rings. The van der Waals surface area contributed by atoms with E-state index in [-0.39, 0.29) is 17.7 Å². The fourth-order valence-electron chi connectivity index (χ4n) is 2.45. The lowest BCUT2D eigenvalue weighted by atomic mass is 10.2. The average molecular weight is 373 g/mol. The lowest BCUT2D eigenvalue weighted by molar-refractivity contribution is 0.102. The first kappa shape index (κ1) is 18.9. The number of carbonyl (C=O) groups is 1. The van der Waals surface area contributed by atoms with Gasteiger partial charge in [-0.05, 0) is 56.3 Å². The third kappa shape index (κ3) is 5.05. The van der Waals surface area contributed by atoms with E-state index in [0.717, 1.165) is 11.4 Å². The number of hydrogen-bond donors (Lipinski definition) is 2. The minimum absolute atomic E-state index is 0.107. The summed E-state index contributed by atoms with van der Waals surface area (Å²) in [6, 6.07) is 17.7. The molecule has 1 amide bonds. The maximum atomic E-state index is 12.4. The molecule has 7 nitrogen and oxygen atoms in total. The van der Waals surface area contributed by atoms with Gasteiger partial charge in [-0.2, -0.15) is 5.26 Å². The monoisotopic (exact) mass is 373 g/mol. The summed E-state index contributed by atoms with van der Waals surface area (Å²) in [7, 11) is 0. The zero-order chi connectivity index (χ0) is 19.9. The van der Waals surface area contributed by atoms with Crippen LogP contribution in [0, 0.1) is 11.3 Å². The molecule has 0 radical (unpaired) electrons. The molecule has 0 atom stereocenters. The molecule has 2 aromatic carbocycles. The number of hydrogen-bond acceptors (Lipinski definition) is 6. The number of carbonyl (C=O) groups excluding carboxylic acids is 1. The van der Waals surface area contributed by atoms with E-state index < -0.39 is 0 Å². The molecule has 2 N–H and O–H groups in total. The summed E-state index contributed by atoms with van der Waals surface area (Å²) in [5.41, 5.74) is 2.01. The van der Waals surface area contributed by atoms with Gasteiger partial charge in [0, 0.05) is 17.4 Å². The predicted octanol–water partition coefficient (Wildman–Crippen LogP) is 4.13. The van der Waals surface area contributed by atoms with Crippen LogP contribution in [0.15, 0.2) is 60.9 Å². The van der Waals surface area contributed by atoms with Crippen molar-refractivity contribution in [1.82, 2.24) is 9.97 Å². The number of nitrogens with one attached hydrogen (secondary N) is 2. The van der Waals surface area contributed by atoms with Crippen molar-refractivity contribution in [3.8, 4) is 11.8 Å². The Morgan fingerprint density at radius 1 is 1.07 bits per heavy atom. The highest BCUT2D eigenvalue weighted by Crippen LogP contribution is 2.20. The van der Waals surface area contributed by atoms with E-state index in [2.05, 4.69) is 20.6 Å². The van der Waals surface area contributed by atoms with Gasteiger partial charge in [0.1, 0.15) is 23.6 Å². The highest BCUT2D eigenvalue weighted by molar-refractivity contribution is 6.03. The molecule has 0 fully saturated rings. The first-order valence-corrected chi connectivity index (χ1v) is 8.71. The van der Waals surface area contributed by atoms with Crippen molar-refractivity contribution in [3.63, 3.8) is 0 Å². The first-order valence-electron chi connectivity index (χ1n) is 8.71. The SMILES string of the molecule is CC(C)Oc1ccc(Nc2cc(C(=O)Nc3cccc(C#N)c3)ncn2)cc1. The van der Waals surface area contributed by atoms with Crippen molar-refractivity contribution in [2.45, 2.75) is 20.0 Å². The summed E-state index contributed by atoms with van der Waals surface area (Å²) in [4.78, 5) is 20.6. The molecule has 0 bridgehead atoms. The normalized spacial score (nSPS) is 10.2. The molecule has 0 aliphatic rings. The van der Waals surface area contributed by atoms with Crippen LogP contribution in [-0.4, -0.2) is 22.0 Å². The Kier molecular flexibility index (Phi) is 5.82. The van der Waals surface area contributed by atoms with Gasteiger partial charge in [-0.3, -0.25) is 4.79 Å². The molecule has 0 aliphatic carbocycles. The van der Waals surface area contributed by atoms with Gasteiger partial charge in [0.25, 0.3) is 5.91 Å². The summed E-state index contributed by atoms with van der Waals surface area (Å²) < 4.78 is 5.62. The molecule has 0 unspecified atom stereocenters. The number of nitriles is 1. The van der Waals surface area contributed by atoms with Crippen molar-refractivity contribution in [3.05, 3.63) is 72.2 Å². The van der Waals surface area contributed by atoms with Crippen molar-refractivity contribution >= 4 is 23.1 Å². The molecule has 0 aliphatic heterocycles. The minimum atomic E-state index is -0.388. The molecule has 3 rings (SSSR count). The molecule has 0 saturated heterocycles. The molecule has 1 heterocycles. The second kappa shape index (κ2) is 8.64. The first-order chi connectivity index (χ1) is 13.5. The van der Waals surface area contributed by atoms with E-state index in [1.807, 2.05) is 44.2 Å². The Morgan fingerprint density at radius 2 is 1.86 bits per heavy atom. The van der Waals surface area contributed by atoms with Crippen molar-refractivity contribution in [1.29, 1.82) is 5.26 Å². The number of rotatable bonds is 6. The number of ether oxygens (including phenoxy) is 1. The number of anilines is 3. The number of benzene rings is 2. The fourth-order valence-corrected chi connectivity index (χ4v) is 2.45. The van der Waals surface area contributed by atoms with E-state index in [9.17, 15) is 4.79 Å². The molecule has 28 heavy (non-hydrogen) atoms. The fraction of sp³-hybridized carbons (Fsp3) is 0.143. The van der Waals surface area contributed by atoms with E-state index in [4.69, 9.17) is 10.00 Å². The molecular formula is C21H19N5O2. The minimum Gasteiger partial charge on any atom is -0.491 e. The van der Waals surface area contributed by atoms with Crippen molar-refractivity contribution in [2.24, 2.45) is 0 Å². The number of amides is 1. The van der Waals surface area contributed by atoms with Crippen molar-refractivity contribution < 1.29 is 9.53 Å². The Morgan fingerprint density at radius 3 is 2.57 bits per heavy atom. The Hall–Kier alpha value is -3.92. The Balaban J connectivity index is 1.69. The number of aromatic nitrogens is 2. The van der Waals surface area contributed by atoms with Crippen LogP contribution in [0.4, 0.5) is 17.2 Å². The summed E-state index contributed by atoms with van der Waals surface area (Å²) in [6.45, 7) is 3.94. The van der Waals surface area contributed by atoms with Gasteiger partial charge in [-0.15, -0.1) is 0 Å². The largest absolute Gasteiger partial charge is 0.491 e. The van der Waals surface area contributed by atoms with E-state index in [0.29, 0.717) is 17.1 Å². The van der Waals surface area contributed by atoms with Crippen LogP contribution in [0.25, 0.3) is 0 Å². The molecular weight excluding hydrogens is 354 g/mol. The van der Waals surface area contributed by atoms with Crippen LogP contribution in [-0.2, 0) is 0 Å². The number of nitrogens with zero attached hydrogens (tertiary/aromatic N) is 3. The van der Waals surface area contributed by atoms with E-state index >= 15 is 0 Å². The van der Waals surface area contributed by atoms with Gasteiger partial charge < -0.3 is 15.4 Å². The van der Waals surface area contributed by atoms with E-state index in [1.54, 1.807) is 30.3 Å². The second-order valence-corrected chi connectivity index (χ2v) is 6.25. The summed E-state index contributed by atoms with van der Waals surface area (Å²) >= 11 is 0. The van der Waals surface area contributed by atoms with Crippen LogP contribution >= 0.6 is 0 Å². The molecule has 7 heteroatoms. The van der Waals surface area contributed by atoms with Crippen LogP contribution in [0.3, 0.4) is 0 Å². The van der Waals surface area contributed by atoms with Gasteiger partial charge in [0.05, 0.1) is 17.7 Å². The smallest absolute Gasteiger partial charge is 0.274 e. The third-order valence-electron chi connectivity index (χ3n) is 3.65. The highest BCUT2D eigenvalue weighted by atomic mass is 16.5. The Bertz CT molecular complexity index is 1010. The maximum Gasteiger partial charge on any atom is 0.274 e. The van der Waals surface area contributed by atoms with Crippen molar-refractivity contribution in [2.75, 3.05) is 10.6 Å². The quantitative estimate of drug-likeness (QED) is 0.674. The van der Waals surface area contributed by atoms with Gasteiger partial charge >= 0.3 is 0 Å². The molecule has 0 spiro atoms. The third-order valence-corrected chi connectivity index (χ3v) is 3.65. The van der Waals surface area contributed by atoms with E-state index in [1.165, 1.54) is 6.33 Å². The second-order valence-electron chi connectivity index (χ2n) is 6.25. The maximum absolute atomic E-state index is 12.4. The van der Waals surface area contributed by atoms with Crippen LogP contribution in [0.2, 0.25) is 0 Å². The molecule has 140 valence electrons. The Labute approximate surface area is 163 Å². The van der Waals surface area contributed by atoms with Crippen LogP contribution < -0.4 is 15.4 Å². The van der Waals surface area contributed by atoms with Gasteiger partial charge in [-0.25, -0.2) is 9.97 Å². The summed E-state index contributed by atoms with van der Waals surface area (Å²) in [5, 5.41) is 14.8. The lowest BCUT2D eigenvalue weighted by Gasteiger charge is -2.11. The average Bonchev–Trinajstić information content (AvgIpc) is 2.69.